The van der Waals surface area contributed by atoms with Crippen LogP contribution in [0.2, 0.25) is 0 Å². The Morgan fingerprint density at radius 1 is 1.10 bits per heavy atom. The molecule has 62 valence electrons. The Bertz CT molecular complexity index is 62.8. The van der Waals surface area contributed by atoms with E-state index in [1.165, 1.54) is 0 Å². The topological polar surface area (TPSA) is 69.9 Å². The van der Waals surface area contributed by atoms with Crippen LogP contribution in [0.15, 0.2) is 0 Å². The summed E-state index contributed by atoms with van der Waals surface area (Å²) >= 11 is 0. The first-order chi connectivity index (χ1) is 4.85. The number of aliphatic hydroxyl groups excluding tert-OH is 3. The van der Waals surface area contributed by atoms with Crippen molar-refractivity contribution in [2.45, 2.75) is 12.5 Å². The van der Waals surface area contributed by atoms with Crippen molar-refractivity contribution >= 4 is 0 Å². The predicted octanol–water partition coefficient (Wildman–Crippen LogP) is -1.26. The quantitative estimate of drug-likeness (QED) is 0.413. The highest BCUT2D eigenvalue weighted by Crippen LogP contribution is 1.90. The van der Waals surface area contributed by atoms with Gasteiger partial charge < -0.3 is 20.1 Å². The zero-order chi connectivity index (χ0) is 7.82. The minimum absolute atomic E-state index is 0.0730. The molecule has 0 aliphatic carbocycles. The average molecular weight is 150 g/mol. The van der Waals surface area contributed by atoms with Crippen LogP contribution in [-0.4, -0.2) is 47.9 Å². The molecular weight excluding hydrogens is 136 g/mol. The zero-order valence-corrected chi connectivity index (χ0v) is 5.86. The molecule has 0 aromatic heterocycles. The predicted molar refractivity (Wildman–Crippen MR) is 35.6 cm³/mol. The fourth-order valence-corrected chi connectivity index (χ4v) is 0.478. The number of rotatable bonds is 6. The van der Waals surface area contributed by atoms with Gasteiger partial charge in [-0.3, -0.25) is 0 Å². The molecular formula is C6H14O4. The molecule has 10 heavy (non-hydrogen) atoms. The molecule has 3 N–H and O–H groups in total. The molecule has 0 atom stereocenters. The van der Waals surface area contributed by atoms with Crippen LogP contribution in [0.1, 0.15) is 6.42 Å². The highest BCUT2D eigenvalue weighted by molar-refractivity contribution is 4.51. The normalized spacial score (nSPS) is 10.8. The Balaban J connectivity index is 3.09. The third-order valence-corrected chi connectivity index (χ3v) is 1.06. The summed E-state index contributed by atoms with van der Waals surface area (Å²) in [5.74, 6) is 0. The van der Waals surface area contributed by atoms with Gasteiger partial charge in [0.2, 0.25) is 0 Å². The van der Waals surface area contributed by atoms with Crippen molar-refractivity contribution in [2.24, 2.45) is 0 Å². The van der Waals surface area contributed by atoms with Crippen LogP contribution in [0.5, 0.6) is 0 Å². The van der Waals surface area contributed by atoms with Crippen LogP contribution in [0.4, 0.5) is 0 Å². The van der Waals surface area contributed by atoms with Gasteiger partial charge in [-0.25, -0.2) is 0 Å². The molecule has 0 unspecified atom stereocenters. The molecule has 0 amide bonds. The van der Waals surface area contributed by atoms with E-state index in [9.17, 15) is 0 Å². The van der Waals surface area contributed by atoms with Crippen molar-refractivity contribution in [1.29, 1.82) is 0 Å². The first kappa shape index (κ1) is 9.84. The number of aliphatic hydroxyl groups is 3. The maximum Gasteiger partial charge on any atom is 0.104 e. The number of ether oxygens (including phenoxy) is 1. The van der Waals surface area contributed by atoms with Gasteiger partial charge in [0.1, 0.15) is 6.10 Å². The van der Waals surface area contributed by atoms with Crippen molar-refractivity contribution < 1.29 is 20.1 Å². The Labute approximate surface area is 60.1 Å². The van der Waals surface area contributed by atoms with E-state index in [1.807, 2.05) is 0 Å². The fraction of sp³-hybridized carbons (Fsp3) is 1.00. The molecule has 0 radical (unpaired) electrons. The molecule has 0 heterocycles. The molecule has 0 saturated carbocycles. The Morgan fingerprint density at radius 2 is 1.70 bits per heavy atom. The lowest BCUT2D eigenvalue weighted by Crippen LogP contribution is -2.22. The summed E-state index contributed by atoms with van der Waals surface area (Å²) in [6.45, 7) is 0.0930. The molecule has 0 aliphatic rings. The Hall–Kier alpha value is -0.160. The maximum absolute atomic E-state index is 8.48. The van der Waals surface area contributed by atoms with Crippen LogP contribution >= 0.6 is 0 Å². The van der Waals surface area contributed by atoms with Crippen LogP contribution in [-0.2, 0) is 4.74 Å². The van der Waals surface area contributed by atoms with E-state index in [0.29, 0.717) is 13.0 Å². The minimum atomic E-state index is -0.494. The standard InChI is InChI=1S/C6H14O4/c7-2-1-3-10-6(4-8)5-9/h6-9H,1-5H2. The van der Waals surface area contributed by atoms with E-state index < -0.39 is 6.10 Å². The van der Waals surface area contributed by atoms with Crippen LogP contribution in [0.25, 0.3) is 0 Å². The second-order valence-electron chi connectivity index (χ2n) is 1.94. The van der Waals surface area contributed by atoms with Gasteiger partial charge in [0, 0.05) is 13.2 Å². The van der Waals surface area contributed by atoms with Crippen molar-refractivity contribution in [3.8, 4) is 0 Å². The smallest absolute Gasteiger partial charge is 0.104 e. The van der Waals surface area contributed by atoms with Crippen molar-refractivity contribution in [2.75, 3.05) is 26.4 Å². The van der Waals surface area contributed by atoms with Gasteiger partial charge in [-0.2, -0.15) is 0 Å². The molecule has 0 rings (SSSR count). The summed E-state index contributed by atoms with van der Waals surface area (Å²) < 4.78 is 4.92. The molecule has 4 nitrogen and oxygen atoms in total. The van der Waals surface area contributed by atoms with Crippen molar-refractivity contribution in [1.82, 2.24) is 0 Å². The number of hydrogen-bond donors (Lipinski definition) is 3. The van der Waals surface area contributed by atoms with E-state index >= 15 is 0 Å². The summed E-state index contributed by atoms with van der Waals surface area (Å²) in [5, 5.41) is 25.3. The van der Waals surface area contributed by atoms with E-state index in [2.05, 4.69) is 0 Å². The lowest BCUT2D eigenvalue weighted by molar-refractivity contribution is -0.0235. The zero-order valence-electron chi connectivity index (χ0n) is 5.86. The van der Waals surface area contributed by atoms with Crippen LogP contribution in [0, 0.1) is 0 Å². The minimum Gasteiger partial charge on any atom is -0.396 e. The summed E-state index contributed by atoms with van der Waals surface area (Å²) in [5.41, 5.74) is 0. The Morgan fingerprint density at radius 3 is 2.10 bits per heavy atom. The van der Waals surface area contributed by atoms with Crippen LogP contribution < -0.4 is 0 Å². The lowest BCUT2D eigenvalue weighted by atomic mass is 10.4. The van der Waals surface area contributed by atoms with Gasteiger partial charge in [-0.05, 0) is 6.42 Å². The van der Waals surface area contributed by atoms with Crippen molar-refractivity contribution in [3.05, 3.63) is 0 Å². The summed E-state index contributed by atoms with van der Waals surface area (Å²) in [6, 6.07) is 0. The maximum atomic E-state index is 8.48. The third kappa shape index (κ3) is 4.69. The van der Waals surface area contributed by atoms with Gasteiger partial charge in [-0.15, -0.1) is 0 Å². The first-order valence-corrected chi connectivity index (χ1v) is 3.29. The molecule has 0 saturated heterocycles. The molecule has 4 heteroatoms. The fourth-order valence-electron chi connectivity index (χ4n) is 0.478. The van der Waals surface area contributed by atoms with Gasteiger partial charge in [0.15, 0.2) is 0 Å². The highest BCUT2D eigenvalue weighted by atomic mass is 16.5. The van der Waals surface area contributed by atoms with E-state index in [1.54, 1.807) is 0 Å². The lowest BCUT2D eigenvalue weighted by Gasteiger charge is -2.10. The summed E-state index contributed by atoms with van der Waals surface area (Å²) in [6.07, 6.45) is 0.0443. The second kappa shape index (κ2) is 6.95. The summed E-state index contributed by atoms with van der Waals surface area (Å²) in [4.78, 5) is 0. The summed E-state index contributed by atoms with van der Waals surface area (Å²) in [7, 11) is 0. The van der Waals surface area contributed by atoms with E-state index in [4.69, 9.17) is 20.1 Å². The van der Waals surface area contributed by atoms with Gasteiger partial charge in [0.25, 0.3) is 0 Å². The molecule has 0 fully saturated rings. The van der Waals surface area contributed by atoms with Gasteiger partial charge in [0.05, 0.1) is 13.2 Å². The van der Waals surface area contributed by atoms with Gasteiger partial charge in [-0.1, -0.05) is 0 Å². The second-order valence-corrected chi connectivity index (χ2v) is 1.94. The monoisotopic (exact) mass is 150 g/mol. The third-order valence-electron chi connectivity index (χ3n) is 1.06. The first-order valence-electron chi connectivity index (χ1n) is 3.29. The molecule has 0 aliphatic heterocycles. The SMILES string of the molecule is OCCCOC(CO)CO. The van der Waals surface area contributed by atoms with E-state index in [0.717, 1.165) is 0 Å². The molecule has 0 bridgehead atoms. The highest BCUT2D eigenvalue weighted by Gasteiger charge is 2.03. The van der Waals surface area contributed by atoms with Crippen molar-refractivity contribution in [3.63, 3.8) is 0 Å². The molecule has 0 aromatic carbocycles. The van der Waals surface area contributed by atoms with Crippen LogP contribution in [0.3, 0.4) is 0 Å². The molecule has 0 aromatic rings. The van der Waals surface area contributed by atoms with Gasteiger partial charge >= 0.3 is 0 Å². The average Bonchev–Trinajstić information content (AvgIpc) is 1.99. The molecule has 0 spiro atoms. The Kier molecular flexibility index (Phi) is 6.84. The number of hydrogen-bond acceptors (Lipinski definition) is 4. The van der Waals surface area contributed by atoms with E-state index in [-0.39, 0.29) is 19.8 Å². The largest absolute Gasteiger partial charge is 0.396 e.